The maximum absolute atomic E-state index is 11.5. The largest absolute Gasteiger partial charge is 0.497 e. The molecule has 9 nitrogen and oxygen atoms in total. The van der Waals surface area contributed by atoms with Crippen LogP contribution in [0.5, 0.6) is 11.5 Å². The van der Waals surface area contributed by atoms with Crippen molar-refractivity contribution in [2.45, 2.75) is 0 Å². The number of hydrogen-bond donors (Lipinski definition) is 0. The zero-order valence-electron chi connectivity index (χ0n) is 21.3. The van der Waals surface area contributed by atoms with Crippen molar-refractivity contribution >= 4 is 29.4 Å². The maximum atomic E-state index is 11.5. The molecule has 0 unspecified atom stereocenters. The number of nitro groups is 1. The summed E-state index contributed by atoms with van der Waals surface area (Å²) in [6, 6.07) is 24.3. The van der Waals surface area contributed by atoms with Crippen molar-refractivity contribution in [3.8, 4) is 51.3 Å². The van der Waals surface area contributed by atoms with Crippen molar-refractivity contribution in [3.05, 3.63) is 105 Å². The first-order valence-corrected chi connectivity index (χ1v) is 12.2. The van der Waals surface area contributed by atoms with E-state index in [1.165, 1.54) is 18.3 Å². The molecule has 2 heterocycles. The van der Waals surface area contributed by atoms with Crippen LogP contribution < -0.4 is 9.47 Å². The van der Waals surface area contributed by atoms with E-state index in [1.54, 1.807) is 56.7 Å². The SMILES string of the molecule is COc1ccc(-c2oc(N=Cc3ccc(-c4ccc(Cl)cc4[N+](=O)[O-])o3)c(C#N)c2-c2ccc(OC)cc2)cc1. The average Bonchev–Trinajstić information content (AvgIpc) is 3.60. The minimum Gasteiger partial charge on any atom is -0.497 e. The maximum Gasteiger partial charge on any atom is 0.281 e. The molecule has 0 amide bonds. The standard InChI is InChI=1S/C30H20ClN3O6/c1-37-21-8-3-18(4-9-21)28-25(16-32)30(40-29(28)19-5-10-22(38-2)11-6-19)33-17-23-12-14-27(39-23)24-13-7-20(31)15-26(24)34(35)36/h3-15,17H,1-2H3. The molecule has 0 saturated carbocycles. The Hall–Kier alpha value is -5.33. The summed E-state index contributed by atoms with van der Waals surface area (Å²) < 4.78 is 22.5. The number of hydrogen-bond acceptors (Lipinski definition) is 8. The van der Waals surface area contributed by atoms with Crippen LogP contribution in [0.2, 0.25) is 5.02 Å². The molecule has 0 fully saturated rings. The van der Waals surface area contributed by atoms with E-state index in [2.05, 4.69) is 11.1 Å². The van der Waals surface area contributed by atoms with Crippen LogP contribution in [0, 0.1) is 21.4 Å². The number of rotatable bonds is 8. The molecule has 3 aromatic carbocycles. The molecule has 10 heteroatoms. The summed E-state index contributed by atoms with van der Waals surface area (Å²) in [5.74, 6) is 2.45. The number of nitriles is 1. The van der Waals surface area contributed by atoms with E-state index < -0.39 is 4.92 Å². The summed E-state index contributed by atoms with van der Waals surface area (Å²) in [5.41, 5.74) is 2.35. The van der Waals surface area contributed by atoms with Crippen molar-refractivity contribution in [2.24, 2.45) is 4.99 Å². The first-order chi connectivity index (χ1) is 19.4. The molecule has 0 aliphatic rings. The second kappa shape index (κ2) is 11.2. The van der Waals surface area contributed by atoms with Gasteiger partial charge in [0.25, 0.3) is 5.69 Å². The molecular formula is C30H20ClN3O6. The third-order valence-electron chi connectivity index (χ3n) is 6.09. The topological polar surface area (TPSA) is 124 Å². The Morgan fingerprint density at radius 1 is 0.925 bits per heavy atom. The van der Waals surface area contributed by atoms with E-state index in [1.807, 2.05) is 24.3 Å². The second-order valence-corrected chi connectivity index (χ2v) is 8.87. The highest BCUT2D eigenvalue weighted by Crippen LogP contribution is 2.43. The van der Waals surface area contributed by atoms with Gasteiger partial charge in [0.15, 0.2) is 0 Å². The average molecular weight is 554 g/mol. The normalized spacial score (nSPS) is 10.9. The predicted molar refractivity (Wildman–Crippen MR) is 150 cm³/mol. The van der Waals surface area contributed by atoms with E-state index in [0.29, 0.717) is 28.6 Å². The smallest absolute Gasteiger partial charge is 0.281 e. The lowest BCUT2D eigenvalue weighted by Crippen LogP contribution is -1.91. The Morgan fingerprint density at radius 3 is 2.17 bits per heavy atom. The van der Waals surface area contributed by atoms with Gasteiger partial charge in [0.2, 0.25) is 5.88 Å². The molecule has 198 valence electrons. The summed E-state index contributed by atoms with van der Waals surface area (Å²) in [7, 11) is 3.16. The van der Waals surface area contributed by atoms with Gasteiger partial charge in [0.1, 0.15) is 40.4 Å². The van der Waals surface area contributed by atoms with Gasteiger partial charge in [-0.3, -0.25) is 10.1 Å². The van der Waals surface area contributed by atoms with E-state index >= 15 is 0 Å². The zero-order chi connectivity index (χ0) is 28.2. The molecule has 2 aromatic heterocycles. The summed E-state index contributed by atoms with van der Waals surface area (Å²) in [5, 5.41) is 21.9. The second-order valence-electron chi connectivity index (χ2n) is 8.43. The lowest BCUT2D eigenvalue weighted by atomic mass is 9.98. The molecular weight excluding hydrogens is 534 g/mol. The van der Waals surface area contributed by atoms with Gasteiger partial charge in [-0.2, -0.15) is 5.26 Å². The summed E-state index contributed by atoms with van der Waals surface area (Å²) >= 11 is 5.93. The highest BCUT2D eigenvalue weighted by Gasteiger charge is 2.23. The molecule has 40 heavy (non-hydrogen) atoms. The molecule has 0 spiro atoms. The molecule has 0 saturated heterocycles. The third-order valence-corrected chi connectivity index (χ3v) is 6.33. The fourth-order valence-corrected chi connectivity index (χ4v) is 4.31. The highest BCUT2D eigenvalue weighted by molar-refractivity contribution is 6.30. The Labute approximate surface area is 233 Å². The summed E-state index contributed by atoms with van der Waals surface area (Å²) in [6.07, 6.45) is 1.39. The van der Waals surface area contributed by atoms with Gasteiger partial charge >= 0.3 is 0 Å². The Balaban J connectivity index is 1.57. The molecule has 0 bridgehead atoms. The number of furan rings is 2. The van der Waals surface area contributed by atoms with Crippen LogP contribution in [0.25, 0.3) is 33.8 Å². The summed E-state index contributed by atoms with van der Waals surface area (Å²) in [6.45, 7) is 0. The molecule has 0 radical (unpaired) electrons. The van der Waals surface area contributed by atoms with Crippen LogP contribution in [-0.4, -0.2) is 25.4 Å². The highest BCUT2D eigenvalue weighted by atomic mass is 35.5. The first-order valence-electron chi connectivity index (χ1n) is 11.9. The van der Waals surface area contributed by atoms with E-state index in [9.17, 15) is 15.4 Å². The zero-order valence-corrected chi connectivity index (χ0v) is 22.0. The number of aliphatic imine (C=N–C) groups is 1. The lowest BCUT2D eigenvalue weighted by Gasteiger charge is -2.06. The van der Waals surface area contributed by atoms with Crippen molar-refractivity contribution in [1.29, 1.82) is 5.26 Å². The number of methoxy groups -OCH3 is 2. The fourth-order valence-electron chi connectivity index (χ4n) is 4.15. The van der Waals surface area contributed by atoms with Crippen LogP contribution in [0.3, 0.4) is 0 Å². The quantitative estimate of drug-likeness (QED) is 0.108. The van der Waals surface area contributed by atoms with E-state index in [0.717, 1.165) is 11.1 Å². The van der Waals surface area contributed by atoms with Crippen molar-refractivity contribution in [1.82, 2.24) is 0 Å². The van der Waals surface area contributed by atoms with Gasteiger partial charge in [0, 0.05) is 22.2 Å². The van der Waals surface area contributed by atoms with Crippen molar-refractivity contribution in [3.63, 3.8) is 0 Å². The third kappa shape index (κ3) is 5.16. The van der Waals surface area contributed by atoms with Crippen LogP contribution in [0.15, 0.2) is 92.7 Å². The number of nitro benzene ring substituents is 1. The van der Waals surface area contributed by atoms with E-state index in [4.69, 9.17) is 29.9 Å². The Kier molecular flexibility index (Phi) is 7.35. The van der Waals surface area contributed by atoms with Gasteiger partial charge in [0.05, 0.1) is 30.9 Å². The predicted octanol–water partition coefficient (Wildman–Crippen LogP) is 8.07. The van der Waals surface area contributed by atoms with Crippen LogP contribution in [-0.2, 0) is 0 Å². The molecule has 0 aliphatic heterocycles. The van der Waals surface area contributed by atoms with Gasteiger partial charge in [-0.05, 0) is 66.2 Å². The number of ether oxygens (including phenoxy) is 2. The Bertz CT molecular complexity index is 1760. The first kappa shape index (κ1) is 26.3. The van der Waals surface area contributed by atoms with E-state index in [-0.39, 0.29) is 33.5 Å². The molecule has 5 rings (SSSR count). The van der Waals surface area contributed by atoms with Crippen LogP contribution in [0.4, 0.5) is 11.6 Å². The minimum absolute atomic E-state index is 0.0783. The molecule has 0 aliphatic carbocycles. The minimum atomic E-state index is -0.527. The van der Waals surface area contributed by atoms with Gasteiger partial charge in [-0.25, -0.2) is 4.99 Å². The monoisotopic (exact) mass is 553 g/mol. The van der Waals surface area contributed by atoms with Crippen molar-refractivity contribution in [2.75, 3.05) is 14.2 Å². The molecule has 0 atom stereocenters. The fraction of sp³-hybridized carbons (Fsp3) is 0.0667. The molecule has 5 aromatic rings. The van der Waals surface area contributed by atoms with Crippen LogP contribution in [0.1, 0.15) is 11.3 Å². The number of nitrogens with zero attached hydrogens (tertiary/aromatic N) is 3. The van der Waals surface area contributed by atoms with Gasteiger partial charge in [-0.15, -0.1) is 0 Å². The van der Waals surface area contributed by atoms with Crippen LogP contribution >= 0.6 is 11.6 Å². The number of halogens is 1. The van der Waals surface area contributed by atoms with Crippen molar-refractivity contribution < 1.29 is 23.2 Å². The molecule has 0 N–H and O–H groups in total. The summed E-state index contributed by atoms with van der Waals surface area (Å²) in [4.78, 5) is 15.4. The number of benzene rings is 3. The Morgan fingerprint density at radius 2 is 1.57 bits per heavy atom. The van der Waals surface area contributed by atoms with Gasteiger partial charge < -0.3 is 18.3 Å². The van der Waals surface area contributed by atoms with Gasteiger partial charge in [-0.1, -0.05) is 23.7 Å². The lowest BCUT2D eigenvalue weighted by molar-refractivity contribution is -0.384.